The standard InChI is InChI=1S/C16H26BrNS/c1-11(2)12-4-5-13(10-18-3)14(8-12)9-15-6-7-16(17)19-15/h6-7,11-14,18H,4-5,8-10H2,1-3H3. The Balaban J connectivity index is 2.02. The SMILES string of the molecule is CNCC1CCC(C(C)C)CC1Cc1ccc(Br)s1. The second-order valence-corrected chi connectivity index (χ2v) is 8.85. The number of thiophene rings is 1. The van der Waals surface area contributed by atoms with Gasteiger partial charge in [0.25, 0.3) is 0 Å². The Morgan fingerprint density at radius 2 is 2.11 bits per heavy atom. The molecule has 1 nitrogen and oxygen atoms in total. The molecule has 0 aromatic carbocycles. The quantitative estimate of drug-likeness (QED) is 0.796. The highest BCUT2D eigenvalue weighted by Gasteiger charge is 2.31. The summed E-state index contributed by atoms with van der Waals surface area (Å²) in [4.78, 5) is 1.54. The van der Waals surface area contributed by atoms with Gasteiger partial charge < -0.3 is 5.32 Å². The van der Waals surface area contributed by atoms with Gasteiger partial charge in [0.05, 0.1) is 3.79 Å². The fraction of sp³-hybridized carbons (Fsp3) is 0.750. The minimum absolute atomic E-state index is 0.841. The van der Waals surface area contributed by atoms with E-state index in [1.165, 1.54) is 36.0 Å². The largest absolute Gasteiger partial charge is 0.319 e. The summed E-state index contributed by atoms with van der Waals surface area (Å²) in [5, 5.41) is 3.40. The minimum Gasteiger partial charge on any atom is -0.319 e. The van der Waals surface area contributed by atoms with Crippen molar-refractivity contribution >= 4 is 27.3 Å². The van der Waals surface area contributed by atoms with Crippen LogP contribution in [0.1, 0.15) is 38.0 Å². The first-order valence-corrected chi connectivity index (χ1v) is 9.10. The van der Waals surface area contributed by atoms with E-state index >= 15 is 0 Å². The van der Waals surface area contributed by atoms with E-state index in [1.807, 2.05) is 11.3 Å². The molecular formula is C16H26BrNS. The zero-order chi connectivity index (χ0) is 13.8. The first-order valence-electron chi connectivity index (χ1n) is 7.49. The molecule has 1 saturated carbocycles. The molecule has 1 N–H and O–H groups in total. The molecule has 3 heteroatoms. The monoisotopic (exact) mass is 343 g/mol. The van der Waals surface area contributed by atoms with E-state index < -0.39 is 0 Å². The predicted molar refractivity (Wildman–Crippen MR) is 88.8 cm³/mol. The third-order valence-electron chi connectivity index (χ3n) is 4.68. The molecule has 108 valence electrons. The molecule has 1 aromatic rings. The van der Waals surface area contributed by atoms with Gasteiger partial charge in [-0.2, -0.15) is 0 Å². The summed E-state index contributed by atoms with van der Waals surface area (Å²) in [7, 11) is 2.09. The smallest absolute Gasteiger partial charge is 0.0701 e. The van der Waals surface area contributed by atoms with Crippen LogP contribution in [0.25, 0.3) is 0 Å². The fourth-order valence-electron chi connectivity index (χ4n) is 3.47. The molecule has 0 saturated heterocycles. The number of hydrogen-bond acceptors (Lipinski definition) is 2. The highest BCUT2D eigenvalue weighted by molar-refractivity contribution is 9.11. The van der Waals surface area contributed by atoms with Crippen LogP contribution in [-0.4, -0.2) is 13.6 Å². The molecule has 0 bridgehead atoms. The molecular weight excluding hydrogens is 318 g/mol. The summed E-state index contributed by atoms with van der Waals surface area (Å²) in [6.07, 6.45) is 5.51. The molecule has 1 fully saturated rings. The molecule has 2 rings (SSSR count). The van der Waals surface area contributed by atoms with Crippen molar-refractivity contribution in [1.29, 1.82) is 0 Å². The van der Waals surface area contributed by atoms with Gasteiger partial charge in [-0.15, -0.1) is 11.3 Å². The maximum Gasteiger partial charge on any atom is 0.0701 e. The summed E-state index contributed by atoms with van der Waals surface area (Å²) < 4.78 is 1.27. The highest BCUT2D eigenvalue weighted by Crippen LogP contribution is 2.40. The first-order chi connectivity index (χ1) is 9.10. The zero-order valence-electron chi connectivity index (χ0n) is 12.3. The molecule has 0 amide bonds. The van der Waals surface area contributed by atoms with Crippen molar-refractivity contribution in [2.75, 3.05) is 13.6 Å². The Morgan fingerprint density at radius 3 is 2.68 bits per heavy atom. The molecule has 0 radical (unpaired) electrons. The first kappa shape index (κ1) is 15.5. The van der Waals surface area contributed by atoms with Crippen molar-refractivity contribution in [3.63, 3.8) is 0 Å². The van der Waals surface area contributed by atoms with Gasteiger partial charge in [0.2, 0.25) is 0 Å². The summed E-state index contributed by atoms with van der Waals surface area (Å²) in [5.74, 6) is 3.50. The van der Waals surface area contributed by atoms with Crippen molar-refractivity contribution < 1.29 is 0 Å². The van der Waals surface area contributed by atoms with Gasteiger partial charge in [0.1, 0.15) is 0 Å². The summed E-state index contributed by atoms with van der Waals surface area (Å²) >= 11 is 5.49. The van der Waals surface area contributed by atoms with Crippen molar-refractivity contribution in [1.82, 2.24) is 5.32 Å². The molecule has 19 heavy (non-hydrogen) atoms. The molecule has 1 aliphatic carbocycles. The van der Waals surface area contributed by atoms with Crippen LogP contribution < -0.4 is 5.32 Å². The topological polar surface area (TPSA) is 12.0 Å². The van der Waals surface area contributed by atoms with Crippen LogP contribution in [0.4, 0.5) is 0 Å². The van der Waals surface area contributed by atoms with Crippen LogP contribution in [0.2, 0.25) is 0 Å². The van der Waals surface area contributed by atoms with Crippen LogP contribution in [0.5, 0.6) is 0 Å². The molecule has 0 aliphatic heterocycles. The van der Waals surface area contributed by atoms with E-state index in [1.54, 1.807) is 4.88 Å². The third kappa shape index (κ3) is 4.30. The van der Waals surface area contributed by atoms with E-state index in [4.69, 9.17) is 0 Å². The number of halogens is 1. The van der Waals surface area contributed by atoms with Gasteiger partial charge in [-0.05, 0) is 91.0 Å². The summed E-state index contributed by atoms with van der Waals surface area (Å²) in [5.41, 5.74) is 0. The average molecular weight is 344 g/mol. The Kier molecular flexibility index (Phi) is 5.91. The maximum atomic E-state index is 3.58. The van der Waals surface area contributed by atoms with Crippen molar-refractivity contribution in [2.24, 2.45) is 23.7 Å². The lowest BCUT2D eigenvalue weighted by atomic mass is 9.69. The van der Waals surface area contributed by atoms with Crippen LogP contribution in [0.3, 0.4) is 0 Å². The van der Waals surface area contributed by atoms with Gasteiger partial charge in [-0.25, -0.2) is 0 Å². The molecule has 0 spiro atoms. The fourth-order valence-corrected chi connectivity index (χ4v) is 5.05. The predicted octanol–water partition coefficient (Wildman–Crippen LogP) is 4.96. The Hall–Kier alpha value is 0.140. The lowest BCUT2D eigenvalue weighted by molar-refractivity contribution is 0.147. The van der Waals surface area contributed by atoms with Crippen molar-refractivity contribution in [3.05, 3.63) is 20.8 Å². The van der Waals surface area contributed by atoms with Gasteiger partial charge in [0, 0.05) is 4.88 Å². The van der Waals surface area contributed by atoms with Crippen molar-refractivity contribution in [3.8, 4) is 0 Å². The second-order valence-electron chi connectivity index (χ2n) is 6.30. The van der Waals surface area contributed by atoms with E-state index in [-0.39, 0.29) is 0 Å². The molecule has 1 heterocycles. The highest BCUT2D eigenvalue weighted by atomic mass is 79.9. The molecule has 1 aliphatic rings. The van der Waals surface area contributed by atoms with E-state index in [2.05, 4.69) is 54.3 Å². The Morgan fingerprint density at radius 1 is 1.32 bits per heavy atom. The number of rotatable bonds is 5. The maximum absolute atomic E-state index is 3.58. The van der Waals surface area contributed by atoms with E-state index in [0.29, 0.717) is 0 Å². The minimum atomic E-state index is 0.841. The zero-order valence-corrected chi connectivity index (χ0v) is 14.7. The Labute approximate surface area is 130 Å². The molecule has 3 unspecified atom stereocenters. The van der Waals surface area contributed by atoms with Gasteiger partial charge in [-0.3, -0.25) is 0 Å². The van der Waals surface area contributed by atoms with E-state index in [9.17, 15) is 0 Å². The lowest BCUT2D eigenvalue weighted by Crippen LogP contribution is -2.34. The lowest BCUT2D eigenvalue weighted by Gasteiger charge is -2.38. The van der Waals surface area contributed by atoms with Crippen LogP contribution >= 0.6 is 27.3 Å². The average Bonchev–Trinajstić information content (AvgIpc) is 2.77. The second kappa shape index (κ2) is 7.24. The normalized spacial score (nSPS) is 27.9. The number of hydrogen-bond donors (Lipinski definition) is 1. The third-order valence-corrected chi connectivity index (χ3v) is 6.33. The van der Waals surface area contributed by atoms with Crippen LogP contribution in [0, 0.1) is 23.7 Å². The van der Waals surface area contributed by atoms with E-state index in [0.717, 1.165) is 23.7 Å². The van der Waals surface area contributed by atoms with Gasteiger partial charge in [-0.1, -0.05) is 13.8 Å². The Bertz CT molecular complexity index is 388. The summed E-state index contributed by atoms with van der Waals surface area (Å²) in [6, 6.07) is 4.49. The molecule has 1 aromatic heterocycles. The van der Waals surface area contributed by atoms with Crippen LogP contribution in [-0.2, 0) is 6.42 Å². The number of nitrogens with one attached hydrogen (secondary N) is 1. The van der Waals surface area contributed by atoms with Crippen molar-refractivity contribution in [2.45, 2.75) is 39.5 Å². The molecule has 3 atom stereocenters. The van der Waals surface area contributed by atoms with Crippen LogP contribution in [0.15, 0.2) is 15.9 Å². The van der Waals surface area contributed by atoms with Gasteiger partial charge in [0.15, 0.2) is 0 Å². The summed E-state index contributed by atoms with van der Waals surface area (Å²) in [6.45, 7) is 5.96. The van der Waals surface area contributed by atoms with Gasteiger partial charge >= 0.3 is 0 Å².